The monoisotopic (exact) mass is 354 g/mol. The summed E-state index contributed by atoms with van der Waals surface area (Å²) in [6.07, 6.45) is 0.0576. The topological polar surface area (TPSA) is 98.0 Å². The molecule has 128 valence electrons. The first-order valence-corrected chi connectivity index (χ1v) is 8.75. The highest BCUT2D eigenvalue weighted by molar-refractivity contribution is 7.14. The van der Waals surface area contributed by atoms with E-state index in [-0.39, 0.29) is 18.2 Å². The van der Waals surface area contributed by atoms with Crippen LogP contribution in [-0.2, 0) is 11.2 Å². The minimum absolute atomic E-state index is 0.0576. The number of aromatic nitrogens is 2. The smallest absolute Gasteiger partial charge is 0.258 e. The summed E-state index contributed by atoms with van der Waals surface area (Å²) in [7, 11) is 0. The normalized spacial score (nSPS) is 11.0. The van der Waals surface area contributed by atoms with E-state index in [2.05, 4.69) is 15.3 Å². The minimum Gasteiger partial charge on any atom is -0.369 e. The van der Waals surface area contributed by atoms with Gasteiger partial charge in [0.15, 0.2) is 5.13 Å². The number of pyridine rings is 1. The maximum absolute atomic E-state index is 12.8. The van der Waals surface area contributed by atoms with Crippen molar-refractivity contribution < 1.29 is 9.59 Å². The molecular formula is C18H18N4O2S. The Balaban J connectivity index is 1.93. The number of thiazole rings is 1. The summed E-state index contributed by atoms with van der Waals surface area (Å²) in [5.74, 6) is -0.497. The fourth-order valence-electron chi connectivity index (χ4n) is 2.47. The van der Waals surface area contributed by atoms with Gasteiger partial charge in [0.25, 0.3) is 5.91 Å². The summed E-state index contributed by atoms with van der Waals surface area (Å²) in [6.45, 7) is 4.07. The molecule has 0 aliphatic rings. The Morgan fingerprint density at radius 3 is 2.72 bits per heavy atom. The molecule has 0 radical (unpaired) electrons. The molecule has 0 fully saturated rings. The summed E-state index contributed by atoms with van der Waals surface area (Å²) in [6, 6.07) is 9.37. The van der Waals surface area contributed by atoms with Crippen molar-refractivity contribution in [3.63, 3.8) is 0 Å². The summed E-state index contributed by atoms with van der Waals surface area (Å²) in [4.78, 5) is 32.6. The fraction of sp³-hybridized carbons (Fsp3) is 0.222. The average Bonchev–Trinajstić information content (AvgIpc) is 2.99. The van der Waals surface area contributed by atoms with E-state index in [4.69, 9.17) is 5.73 Å². The van der Waals surface area contributed by atoms with Crippen LogP contribution in [0.25, 0.3) is 10.9 Å². The van der Waals surface area contributed by atoms with Crippen molar-refractivity contribution in [2.45, 2.75) is 26.2 Å². The van der Waals surface area contributed by atoms with Crippen molar-refractivity contribution in [3.05, 3.63) is 52.7 Å². The van der Waals surface area contributed by atoms with Gasteiger partial charge in [-0.2, -0.15) is 0 Å². The van der Waals surface area contributed by atoms with Crippen LogP contribution in [-0.4, -0.2) is 21.8 Å². The van der Waals surface area contributed by atoms with Gasteiger partial charge >= 0.3 is 0 Å². The third kappa shape index (κ3) is 3.83. The molecule has 3 rings (SSSR count). The van der Waals surface area contributed by atoms with E-state index >= 15 is 0 Å². The Kier molecular flexibility index (Phi) is 4.76. The molecule has 3 aromatic rings. The van der Waals surface area contributed by atoms with Crippen LogP contribution in [0.5, 0.6) is 0 Å². The second kappa shape index (κ2) is 6.98. The molecule has 3 N–H and O–H groups in total. The number of rotatable bonds is 5. The molecule has 0 aliphatic heterocycles. The number of carbonyl (C=O) groups is 2. The minimum atomic E-state index is -0.454. The molecule has 2 heterocycles. The van der Waals surface area contributed by atoms with E-state index in [1.54, 1.807) is 5.38 Å². The van der Waals surface area contributed by atoms with Gasteiger partial charge in [-0.3, -0.25) is 19.9 Å². The number of para-hydroxylation sites is 1. The summed E-state index contributed by atoms with van der Waals surface area (Å²) in [5.41, 5.74) is 7.92. The van der Waals surface area contributed by atoms with Gasteiger partial charge in [-0.1, -0.05) is 32.0 Å². The van der Waals surface area contributed by atoms with E-state index in [1.165, 1.54) is 11.3 Å². The highest BCUT2D eigenvalue weighted by Crippen LogP contribution is 2.24. The van der Waals surface area contributed by atoms with Crippen molar-refractivity contribution >= 4 is 39.2 Å². The van der Waals surface area contributed by atoms with E-state index < -0.39 is 5.91 Å². The van der Waals surface area contributed by atoms with Crippen molar-refractivity contribution in [1.82, 2.24) is 9.97 Å². The molecule has 25 heavy (non-hydrogen) atoms. The zero-order valence-corrected chi connectivity index (χ0v) is 14.8. The Morgan fingerprint density at radius 2 is 2.00 bits per heavy atom. The Hall–Kier alpha value is -2.80. The SMILES string of the molecule is CC(C)c1cc(C(=O)Nc2nc(CC(N)=O)cs2)c2ccccc2n1. The Morgan fingerprint density at radius 1 is 1.24 bits per heavy atom. The lowest BCUT2D eigenvalue weighted by molar-refractivity contribution is -0.117. The predicted octanol–water partition coefficient (Wildman–Crippen LogP) is 3.09. The van der Waals surface area contributed by atoms with Gasteiger partial charge in [0.1, 0.15) is 0 Å². The van der Waals surface area contributed by atoms with Crippen LogP contribution in [0, 0.1) is 0 Å². The molecule has 0 atom stereocenters. The molecular weight excluding hydrogens is 336 g/mol. The fourth-order valence-corrected chi connectivity index (χ4v) is 3.17. The van der Waals surface area contributed by atoms with Gasteiger partial charge in [-0.05, 0) is 18.1 Å². The van der Waals surface area contributed by atoms with Gasteiger partial charge in [0, 0.05) is 16.5 Å². The molecule has 6 nitrogen and oxygen atoms in total. The molecule has 0 saturated heterocycles. The van der Waals surface area contributed by atoms with Crippen LogP contribution in [0.15, 0.2) is 35.7 Å². The number of nitrogens with zero attached hydrogens (tertiary/aromatic N) is 2. The number of nitrogens with two attached hydrogens (primary N) is 1. The molecule has 0 saturated carbocycles. The number of carbonyl (C=O) groups excluding carboxylic acids is 2. The number of primary amides is 1. The lowest BCUT2D eigenvalue weighted by Crippen LogP contribution is -2.15. The molecule has 0 bridgehead atoms. The molecule has 0 unspecified atom stereocenters. The highest BCUT2D eigenvalue weighted by Gasteiger charge is 2.16. The summed E-state index contributed by atoms with van der Waals surface area (Å²) < 4.78 is 0. The van der Waals surface area contributed by atoms with Gasteiger partial charge in [0.2, 0.25) is 5.91 Å². The molecule has 2 amide bonds. The standard InChI is InChI=1S/C18H18N4O2S/c1-10(2)15-8-13(12-5-3-4-6-14(12)21-15)17(24)22-18-20-11(9-25-18)7-16(19)23/h3-6,8-10H,7H2,1-2H3,(H2,19,23)(H,20,22,24). The first-order chi connectivity index (χ1) is 11.9. The predicted molar refractivity (Wildman–Crippen MR) is 98.8 cm³/mol. The second-order valence-corrected chi connectivity index (χ2v) is 6.87. The summed E-state index contributed by atoms with van der Waals surface area (Å²) >= 11 is 1.26. The van der Waals surface area contributed by atoms with Gasteiger partial charge in [-0.25, -0.2) is 4.98 Å². The number of fused-ring (bicyclic) bond motifs is 1. The zero-order valence-electron chi connectivity index (χ0n) is 13.9. The van der Waals surface area contributed by atoms with Crippen molar-refractivity contribution in [3.8, 4) is 0 Å². The first-order valence-electron chi connectivity index (χ1n) is 7.88. The maximum Gasteiger partial charge on any atom is 0.258 e. The van der Waals surface area contributed by atoms with Crippen molar-refractivity contribution in [1.29, 1.82) is 0 Å². The van der Waals surface area contributed by atoms with Crippen LogP contribution < -0.4 is 11.1 Å². The largest absolute Gasteiger partial charge is 0.369 e. The Labute approximate surface area is 149 Å². The van der Waals surface area contributed by atoms with Crippen molar-refractivity contribution in [2.24, 2.45) is 5.73 Å². The van der Waals surface area contributed by atoms with Crippen molar-refractivity contribution in [2.75, 3.05) is 5.32 Å². The van der Waals surface area contributed by atoms with Crippen LogP contribution in [0.1, 0.15) is 41.5 Å². The lowest BCUT2D eigenvalue weighted by atomic mass is 10.0. The van der Waals surface area contributed by atoms with Crippen LogP contribution in [0.3, 0.4) is 0 Å². The number of benzene rings is 1. The third-order valence-corrected chi connectivity index (χ3v) is 4.51. The van der Waals surface area contributed by atoms with Crippen LogP contribution in [0.4, 0.5) is 5.13 Å². The average molecular weight is 354 g/mol. The van der Waals surface area contributed by atoms with E-state index in [9.17, 15) is 9.59 Å². The maximum atomic E-state index is 12.8. The number of amides is 2. The van der Waals surface area contributed by atoms with Gasteiger partial charge in [0.05, 0.1) is 23.2 Å². The summed E-state index contributed by atoms with van der Waals surface area (Å²) in [5, 5.41) is 5.74. The number of nitrogens with one attached hydrogen (secondary N) is 1. The molecule has 0 aliphatic carbocycles. The lowest BCUT2D eigenvalue weighted by Gasteiger charge is -2.11. The zero-order chi connectivity index (χ0) is 18.0. The molecule has 7 heteroatoms. The molecule has 1 aromatic carbocycles. The number of hydrogen-bond acceptors (Lipinski definition) is 5. The third-order valence-electron chi connectivity index (χ3n) is 3.70. The van der Waals surface area contributed by atoms with E-state index in [1.807, 2.05) is 44.2 Å². The van der Waals surface area contributed by atoms with Gasteiger partial charge in [-0.15, -0.1) is 11.3 Å². The van der Waals surface area contributed by atoms with E-state index in [0.29, 0.717) is 16.4 Å². The number of anilines is 1. The number of hydrogen-bond donors (Lipinski definition) is 2. The highest BCUT2D eigenvalue weighted by atomic mass is 32.1. The Bertz CT molecular complexity index is 949. The molecule has 2 aromatic heterocycles. The first kappa shape index (κ1) is 17.0. The quantitative estimate of drug-likeness (QED) is 0.735. The van der Waals surface area contributed by atoms with E-state index in [0.717, 1.165) is 16.6 Å². The van der Waals surface area contributed by atoms with Crippen LogP contribution >= 0.6 is 11.3 Å². The van der Waals surface area contributed by atoms with Crippen LogP contribution in [0.2, 0.25) is 0 Å². The van der Waals surface area contributed by atoms with Gasteiger partial charge < -0.3 is 5.73 Å². The molecule has 0 spiro atoms. The second-order valence-electron chi connectivity index (χ2n) is 6.01.